The fourth-order valence-corrected chi connectivity index (χ4v) is 7.19. The van der Waals surface area contributed by atoms with Crippen molar-refractivity contribution in [3.63, 3.8) is 0 Å². The number of hydrogen-bond donors (Lipinski definition) is 1. The molecule has 38 heavy (non-hydrogen) atoms. The maximum atomic E-state index is 13.2. The summed E-state index contributed by atoms with van der Waals surface area (Å²) >= 11 is 1.64. The van der Waals surface area contributed by atoms with Crippen molar-refractivity contribution in [1.82, 2.24) is 20.1 Å². The Labute approximate surface area is 224 Å². The normalized spacial score (nSPS) is 26.9. The van der Waals surface area contributed by atoms with Crippen molar-refractivity contribution < 1.29 is 27.4 Å². The molecule has 0 radical (unpaired) electrons. The van der Waals surface area contributed by atoms with E-state index in [9.17, 15) is 18.0 Å². The van der Waals surface area contributed by atoms with Crippen molar-refractivity contribution in [2.75, 3.05) is 39.4 Å². The Balaban J connectivity index is 1.10. The Hall–Kier alpha value is -2.05. The summed E-state index contributed by atoms with van der Waals surface area (Å²) in [6, 6.07) is 4.21. The number of fused-ring (bicyclic) bond motifs is 2. The van der Waals surface area contributed by atoms with Crippen LogP contribution in [0.2, 0.25) is 0 Å². The van der Waals surface area contributed by atoms with Crippen LogP contribution >= 0.6 is 11.3 Å². The van der Waals surface area contributed by atoms with Crippen LogP contribution in [0.5, 0.6) is 0 Å². The molecule has 2 aromatic rings. The summed E-state index contributed by atoms with van der Waals surface area (Å²) in [4.78, 5) is 23.2. The largest absolute Gasteiger partial charge is 0.416 e. The number of halogens is 3. The van der Waals surface area contributed by atoms with Crippen LogP contribution in [0.3, 0.4) is 0 Å². The Kier molecular flexibility index (Phi) is 7.47. The van der Waals surface area contributed by atoms with Crippen molar-refractivity contribution in [3.8, 4) is 0 Å². The molecule has 2 fully saturated rings. The van der Waals surface area contributed by atoms with Crippen molar-refractivity contribution in [3.05, 3.63) is 51.0 Å². The first kappa shape index (κ1) is 26.2. The summed E-state index contributed by atoms with van der Waals surface area (Å²) in [5.74, 6) is -0.113. The standard InChI is InChI=1S/C27H33F3N4O3S/c28-27(29,30)19-2-1-17-5-8-33(12-18(17)11-19)15-25(35)32-22-13-34(20-6-9-36-10-7-20)14-24(22)37-23-4-3-21-26(23)38-16-31-21/h1-2,11,16,20,22-24H,3-10,12-15H2,(H,32,35)/t22?,23?,24-/m0/s1. The fraction of sp³-hybridized carbons (Fsp3) is 0.630. The molecule has 3 atom stereocenters. The lowest BCUT2D eigenvalue weighted by atomic mass is 9.97. The molecular weight excluding hydrogens is 517 g/mol. The van der Waals surface area contributed by atoms with Crippen LogP contribution in [0.4, 0.5) is 13.2 Å². The van der Waals surface area contributed by atoms with E-state index in [1.54, 1.807) is 17.4 Å². The number of rotatable bonds is 6. The minimum atomic E-state index is -4.37. The molecule has 1 aromatic heterocycles. The monoisotopic (exact) mass is 550 g/mol. The fourth-order valence-electron chi connectivity index (χ4n) is 6.28. The molecule has 3 aliphatic heterocycles. The molecule has 0 spiro atoms. The molecule has 206 valence electrons. The molecule has 7 nitrogen and oxygen atoms in total. The molecule has 0 bridgehead atoms. The van der Waals surface area contributed by atoms with Gasteiger partial charge in [0.1, 0.15) is 0 Å². The molecule has 6 rings (SSSR count). The van der Waals surface area contributed by atoms with E-state index in [0.29, 0.717) is 31.1 Å². The number of nitrogens with one attached hydrogen (secondary N) is 1. The number of carbonyl (C=O) groups excluding carboxylic acids is 1. The molecule has 2 saturated heterocycles. The van der Waals surface area contributed by atoms with Gasteiger partial charge in [0.25, 0.3) is 0 Å². The topological polar surface area (TPSA) is 66.9 Å². The van der Waals surface area contributed by atoms with Crippen molar-refractivity contribution in [2.45, 2.75) is 69.1 Å². The zero-order valence-electron chi connectivity index (χ0n) is 21.2. The number of aromatic nitrogens is 1. The van der Waals surface area contributed by atoms with E-state index in [1.165, 1.54) is 10.9 Å². The van der Waals surface area contributed by atoms with E-state index in [-0.39, 0.29) is 30.7 Å². The summed E-state index contributed by atoms with van der Waals surface area (Å²) in [6.07, 6.45) is -0.0749. The first-order valence-corrected chi connectivity index (χ1v) is 14.3. The highest BCUT2D eigenvalue weighted by atomic mass is 32.1. The van der Waals surface area contributed by atoms with Gasteiger partial charge in [0, 0.05) is 45.4 Å². The Morgan fingerprint density at radius 1 is 1.16 bits per heavy atom. The average molecular weight is 551 g/mol. The molecule has 2 unspecified atom stereocenters. The quantitative estimate of drug-likeness (QED) is 0.594. The van der Waals surface area contributed by atoms with E-state index in [2.05, 4.69) is 15.2 Å². The Bertz CT molecular complexity index is 1150. The maximum Gasteiger partial charge on any atom is 0.416 e. The van der Waals surface area contributed by atoms with Gasteiger partial charge in [-0.1, -0.05) is 6.07 Å². The molecule has 1 aromatic carbocycles. The number of likely N-dealkylation sites (tertiary alicyclic amines) is 1. The van der Waals surface area contributed by atoms with E-state index in [4.69, 9.17) is 9.47 Å². The highest BCUT2D eigenvalue weighted by Crippen LogP contribution is 2.38. The first-order valence-electron chi connectivity index (χ1n) is 13.4. The number of amides is 1. The molecule has 4 aliphatic rings. The second-order valence-corrected chi connectivity index (χ2v) is 11.7. The highest BCUT2D eigenvalue weighted by Gasteiger charge is 2.41. The molecule has 11 heteroatoms. The van der Waals surface area contributed by atoms with Crippen LogP contribution < -0.4 is 5.32 Å². The van der Waals surface area contributed by atoms with Gasteiger partial charge in [0.05, 0.1) is 46.4 Å². The number of hydrogen-bond acceptors (Lipinski definition) is 7. The van der Waals surface area contributed by atoms with Gasteiger partial charge in [-0.05, 0) is 55.4 Å². The number of alkyl halides is 3. The number of nitrogens with zero attached hydrogens (tertiary/aromatic N) is 3. The lowest BCUT2D eigenvalue weighted by Gasteiger charge is -2.31. The smallest absolute Gasteiger partial charge is 0.381 e. The van der Waals surface area contributed by atoms with Crippen LogP contribution in [-0.2, 0) is 39.8 Å². The van der Waals surface area contributed by atoms with Crippen LogP contribution in [0.15, 0.2) is 23.7 Å². The predicted molar refractivity (Wildman–Crippen MR) is 136 cm³/mol. The van der Waals surface area contributed by atoms with Crippen molar-refractivity contribution >= 4 is 17.2 Å². The number of aryl methyl sites for hydroxylation is 1. The summed E-state index contributed by atoms with van der Waals surface area (Å²) in [5, 5.41) is 3.23. The predicted octanol–water partition coefficient (Wildman–Crippen LogP) is 3.57. The van der Waals surface area contributed by atoms with Gasteiger partial charge < -0.3 is 14.8 Å². The van der Waals surface area contributed by atoms with E-state index in [0.717, 1.165) is 69.3 Å². The molecule has 1 aliphatic carbocycles. The van der Waals surface area contributed by atoms with Gasteiger partial charge >= 0.3 is 6.18 Å². The van der Waals surface area contributed by atoms with Gasteiger partial charge in [0.2, 0.25) is 5.91 Å². The molecule has 4 heterocycles. The van der Waals surface area contributed by atoms with Crippen molar-refractivity contribution in [2.24, 2.45) is 0 Å². The Morgan fingerprint density at radius 3 is 2.82 bits per heavy atom. The first-order chi connectivity index (χ1) is 18.3. The zero-order valence-corrected chi connectivity index (χ0v) is 22.0. The van der Waals surface area contributed by atoms with Crippen LogP contribution in [0, 0.1) is 0 Å². The summed E-state index contributed by atoms with van der Waals surface area (Å²) < 4.78 is 51.8. The minimum absolute atomic E-state index is 0.0120. The lowest BCUT2D eigenvalue weighted by molar-refractivity contribution is -0.137. The summed E-state index contributed by atoms with van der Waals surface area (Å²) in [7, 11) is 0. The van der Waals surface area contributed by atoms with E-state index < -0.39 is 11.7 Å². The van der Waals surface area contributed by atoms with Crippen LogP contribution in [-0.4, -0.2) is 78.3 Å². The minimum Gasteiger partial charge on any atom is -0.381 e. The average Bonchev–Trinajstić information content (AvgIpc) is 3.62. The maximum absolute atomic E-state index is 13.2. The lowest BCUT2D eigenvalue weighted by Crippen LogP contribution is -2.48. The summed E-state index contributed by atoms with van der Waals surface area (Å²) in [6.45, 7) is 4.12. The Morgan fingerprint density at radius 2 is 2.00 bits per heavy atom. The number of ether oxygens (including phenoxy) is 2. The third kappa shape index (κ3) is 5.62. The molecule has 1 N–H and O–H groups in total. The highest BCUT2D eigenvalue weighted by molar-refractivity contribution is 7.09. The summed E-state index contributed by atoms with van der Waals surface area (Å²) in [5.41, 5.74) is 3.92. The van der Waals surface area contributed by atoms with E-state index >= 15 is 0 Å². The number of carbonyl (C=O) groups is 1. The third-order valence-corrected chi connectivity index (χ3v) is 9.25. The third-order valence-electron chi connectivity index (χ3n) is 8.29. The van der Waals surface area contributed by atoms with Gasteiger partial charge in [-0.15, -0.1) is 11.3 Å². The number of benzene rings is 1. The van der Waals surface area contributed by atoms with Gasteiger partial charge in [0.15, 0.2) is 0 Å². The SMILES string of the molecule is O=C(CN1CCc2ccc(C(F)(F)F)cc2C1)NC1CN(C2CCOCC2)C[C@@H]1OC1CCc2ncsc21. The van der Waals surface area contributed by atoms with Crippen LogP contribution in [0.1, 0.15) is 52.6 Å². The van der Waals surface area contributed by atoms with Crippen molar-refractivity contribution in [1.29, 1.82) is 0 Å². The van der Waals surface area contributed by atoms with Crippen LogP contribution in [0.25, 0.3) is 0 Å². The second-order valence-electron chi connectivity index (χ2n) is 10.8. The molecule has 1 amide bonds. The molecule has 0 saturated carbocycles. The zero-order chi connectivity index (χ0) is 26.3. The van der Waals surface area contributed by atoms with Gasteiger partial charge in [-0.25, -0.2) is 4.98 Å². The second kappa shape index (κ2) is 10.8. The number of thiazole rings is 1. The van der Waals surface area contributed by atoms with Gasteiger partial charge in [-0.2, -0.15) is 13.2 Å². The van der Waals surface area contributed by atoms with Gasteiger partial charge in [-0.3, -0.25) is 14.6 Å². The van der Waals surface area contributed by atoms with E-state index in [1.807, 2.05) is 10.4 Å². The molecular formula is C27H33F3N4O3S.